The van der Waals surface area contributed by atoms with E-state index < -0.39 is 11.9 Å². The highest BCUT2D eigenvalue weighted by atomic mass is 32.1. The summed E-state index contributed by atoms with van der Waals surface area (Å²) in [6.45, 7) is 2.84. The third kappa shape index (κ3) is 3.75. The van der Waals surface area contributed by atoms with Crippen LogP contribution in [0.25, 0.3) is 0 Å². The molecule has 1 saturated heterocycles. The Morgan fingerprint density at radius 1 is 1.38 bits per heavy atom. The van der Waals surface area contributed by atoms with E-state index in [2.05, 4.69) is 15.6 Å². The highest BCUT2D eigenvalue weighted by Crippen LogP contribution is 2.30. The van der Waals surface area contributed by atoms with Crippen LogP contribution in [0, 0.1) is 0 Å². The van der Waals surface area contributed by atoms with Crippen molar-refractivity contribution in [3.05, 3.63) is 46.0 Å². The number of carbonyl (C=O) groups excluding carboxylic acids is 3. The minimum Gasteiger partial charge on any atom is -0.357 e. The molecule has 8 nitrogen and oxygen atoms in total. The third-order valence-electron chi connectivity index (χ3n) is 5.41. The Morgan fingerprint density at radius 3 is 2.97 bits per heavy atom. The lowest BCUT2D eigenvalue weighted by Crippen LogP contribution is -2.52. The number of hydrogen-bond donors (Lipinski definition) is 3. The summed E-state index contributed by atoms with van der Waals surface area (Å²) in [6, 6.07) is 5.04. The fourth-order valence-corrected chi connectivity index (χ4v) is 4.53. The Bertz CT molecular complexity index is 973. The van der Waals surface area contributed by atoms with Crippen LogP contribution in [0.5, 0.6) is 0 Å². The zero-order chi connectivity index (χ0) is 20.5. The van der Waals surface area contributed by atoms with Gasteiger partial charge in [0.1, 0.15) is 6.04 Å². The van der Waals surface area contributed by atoms with E-state index in [9.17, 15) is 14.4 Å². The van der Waals surface area contributed by atoms with Crippen LogP contribution in [-0.4, -0.2) is 33.6 Å². The normalized spacial score (nSPS) is 19.9. The SMILES string of the molecule is CC[C@@H](N)c1csc(NCc2cccc3c2C(=O)N(C2CCC(=O)NC2=O)C3)n1. The fraction of sp³-hybridized carbons (Fsp3) is 0.400. The number of thiazole rings is 1. The quantitative estimate of drug-likeness (QED) is 0.623. The van der Waals surface area contributed by atoms with Gasteiger partial charge in [-0.05, 0) is 24.0 Å². The summed E-state index contributed by atoms with van der Waals surface area (Å²) in [6.07, 6.45) is 1.43. The number of benzene rings is 1. The second kappa shape index (κ2) is 7.92. The molecule has 152 valence electrons. The molecule has 2 aliphatic rings. The molecule has 0 radical (unpaired) electrons. The number of nitrogens with two attached hydrogens (primary N) is 1. The lowest BCUT2D eigenvalue weighted by atomic mass is 10.0. The van der Waals surface area contributed by atoms with Crippen molar-refractivity contribution in [2.75, 3.05) is 5.32 Å². The standard InChI is InChI=1S/C20H23N5O3S/c1-2-13(21)14-10-29-20(23-14)22-8-11-4-3-5-12-9-25(19(28)17(11)12)15-6-7-16(26)24-18(15)27/h3-5,10,13,15H,2,6-9,21H2,1H3,(H,22,23)(H,24,26,27)/t13-,15?/m1/s1. The summed E-state index contributed by atoms with van der Waals surface area (Å²) < 4.78 is 0. The van der Waals surface area contributed by atoms with Crippen molar-refractivity contribution >= 4 is 34.2 Å². The van der Waals surface area contributed by atoms with Gasteiger partial charge in [-0.3, -0.25) is 19.7 Å². The molecule has 3 heterocycles. The lowest BCUT2D eigenvalue weighted by Gasteiger charge is -2.29. The van der Waals surface area contributed by atoms with Gasteiger partial charge in [0, 0.05) is 36.5 Å². The Kier molecular flexibility index (Phi) is 5.33. The van der Waals surface area contributed by atoms with Gasteiger partial charge in [-0.15, -0.1) is 11.3 Å². The largest absolute Gasteiger partial charge is 0.357 e. The van der Waals surface area contributed by atoms with Crippen LogP contribution in [0.2, 0.25) is 0 Å². The third-order valence-corrected chi connectivity index (χ3v) is 6.23. The molecule has 4 rings (SSSR count). The number of hydrogen-bond acceptors (Lipinski definition) is 7. The molecule has 9 heteroatoms. The van der Waals surface area contributed by atoms with Gasteiger partial charge in [0.2, 0.25) is 11.8 Å². The average Bonchev–Trinajstić information content (AvgIpc) is 3.31. The summed E-state index contributed by atoms with van der Waals surface area (Å²) >= 11 is 1.49. The zero-order valence-electron chi connectivity index (χ0n) is 16.1. The molecule has 0 saturated carbocycles. The van der Waals surface area contributed by atoms with Crippen LogP contribution in [-0.2, 0) is 22.7 Å². The number of nitrogens with one attached hydrogen (secondary N) is 2. The first kappa shape index (κ1) is 19.5. The predicted octanol–water partition coefficient (Wildman–Crippen LogP) is 1.93. The van der Waals surface area contributed by atoms with Crippen LogP contribution in [0.4, 0.5) is 5.13 Å². The maximum absolute atomic E-state index is 13.1. The summed E-state index contributed by atoms with van der Waals surface area (Å²) in [7, 11) is 0. The molecule has 2 aromatic rings. The topological polar surface area (TPSA) is 117 Å². The van der Waals surface area contributed by atoms with E-state index in [1.54, 1.807) is 4.90 Å². The minimum absolute atomic E-state index is 0.0774. The zero-order valence-corrected chi connectivity index (χ0v) is 16.9. The smallest absolute Gasteiger partial charge is 0.255 e. The van der Waals surface area contributed by atoms with Crippen molar-refractivity contribution in [3.63, 3.8) is 0 Å². The molecule has 2 atom stereocenters. The maximum atomic E-state index is 13.1. The molecule has 1 fully saturated rings. The Balaban J connectivity index is 1.49. The molecular formula is C20H23N5O3S. The molecule has 0 aliphatic carbocycles. The van der Waals surface area contributed by atoms with E-state index >= 15 is 0 Å². The van der Waals surface area contributed by atoms with E-state index in [1.165, 1.54) is 11.3 Å². The number of amides is 3. The molecular weight excluding hydrogens is 390 g/mol. The van der Waals surface area contributed by atoms with Crippen LogP contribution in [0.1, 0.15) is 59.4 Å². The Labute approximate surface area is 172 Å². The Hall–Kier alpha value is -2.78. The highest BCUT2D eigenvalue weighted by Gasteiger charge is 2.39. The first-order valence-corrected chi connectivity index (χ1v) is 10.6. The molecule has 1 aromatic heterocycles. The number of rotatable bonds is 6. The number of piperidine rings is 1. The number of anilines is 1. The number of fused-ring (bicyclic) bond motifs is 1. The van der Waals surface area contributed by atoms with E-state index in [1.807, 2.05) is 30.5 Å². The monoisotopic (exact) mass is 413 g/mol. The number of aromatic nitrogens is 1. The van der Waals surface area contributed by atoms with Crippen molar-refractivity contribution in [3.8, 4) is 0 Å². The van der Waals surface area contributed by atoms with Gasteiger partial charge in [0.15, 0.2) is 5.13 Å². The average molecular weight is 414 g/mol. The van der Waals surface area contributed by atoms with E-state index in [0.29, 0.717) is 25.1 Å². The molecule has 4 N–H and O–H groups in total. The van der Waals surface area contributed by atoms with E-state index in [-0.39, 0.29) is 24.3 Å². The van der Waals surface area contributed by atoms with Crippen LogP contribution in [0.15, 0.2) is 23.6 Å². The molecule has 3 amide bonds. The van der Waals surface area contributed by atoms with Crippen LogP contribution < -0.4 is 16.4 Å². The van der Waals surface area contributed by atoms with Crippen molar-refractivity contribution in [2.45, 2.75) is 51.4 Å². The Morgan fingerprint density at radius 2 is 2.21 bits per heavy atom. The highest BCUT2D eigenvalue weighted by molar-refractivity contribution is 7.13. The summed E-state index contributed by atoms with van der Waals surface area (Å²) in [5.74, 6) is -0.852. The van der Waals surface area contributed by atoms with E-state index in [4.69, 9.17) is 5.73 Å². The molecule has 0 bridgehead atoms. The van der Waals surface area contributed by atoms with Gasteiger partial charge in [-0.2, -0.15) is 0 Å². The van der Waals surface area contributed by atoms with Gasteiger partial charge in [-0.1, -0.05) is 25.1 Å². The molecule has 1 aromatic carbocycles. The van der Waals surface area contributed by atoms with Gasteiger partial charge in [-0.25, -0.2) is 4.98 Å². The van der Waals surface area contributed by atoms with Gasteiger partial charge in [0.25, 0.3) is 5.91 Å². The lowest BCUT2D eigenvalue weighted by molar-refractivity contribution is -0.136. The molecule has 1 unspecified atom stereocenters. The van der Waals surface area contributed by atoms with Crippen molar-refractivity contribution in [1.82, 2.24) is 15.2 Å². The fourth-order valence-electron chi connectivity index (χ4n) is 3.75. The second-order valence-corrected chi connectivity index (χ2v) is 8.16. The summed E-state index contributed by atoms with van der Waals surface area (Å²) in [5.41, 5.74) is 9.27. The number of imide groups is 1. The molecule has 29 heavy (non-hydrogen) atoms. The van der Waals surface area contributed by atoms with E-state index in [0.717, 1.165) is 28.4 Å². The predicted molar refractivity (Wildman–Crippen MR) is 109 cm³/mol. The number of carbonyl (C=O) groups is 3. The number of nitrogens with zero attached hydrogens (tertiary/aromatic N) is 2. The molecule has 2 aliphatic heterocycles. The molecule has 0 spiro atoms. The maximum Gasteiger partial charge on any atom is 0.255 e. The second-order valence-electron chi connectivity index (χ2n) is 7.30. The van der Waals surface area contributed by atoms with Crippen molar-refractivity contribution in [1.29, 1.82) is 0 Å². The summed E-state index contributed by atoms with van der Waals surface area (Å²) in [4.78, 5) is 42.8. The van der Waals surface area contributed by atoms with Crippen molar-refractivity contribution < 1.29 is 14.4 Å². The van der Waals surface area contributed by atoms with Gasteiger partial charge >= 0.3 is 0 Å². The van der Waals surface area contributed by atoms with Gasteiger partial charge < -0.3 is 16.0 Å². The van der Waals surface area contributed by atoms with Crippen molar-refractivity contribution in [2.24, 2.45) is 5.73 Å². The van der Waals surface area contributed by atoms with Crippen LogP contribution >= 0.6 is 11.3 Å². The first-order chi connectivity index (χ1) is 14.0. The summed E-state index contributed by atoms with van der Waals surface area (Å²) in [5, 5.41) is 8.31. The van der Waals surface area contributed by atoms with Crippen LogP contribution in [0.3, 0.4) is 0 Å². The first-order valence-electron chi connectivity index (χ1n) is 9.68. The minimum atomic E-state index is -0.606. The van der Waals surface area contributed by atoms with Gasteiger partial charge in [0.05, 0.1) is 5.69 Å².